The molecule has 0 saturated heterocycles. The van der Waals surface area contributed by atoms with Crippen LogP contribution in [0.4, 0.5) is 4.79 Å². The van der Waals surface area contributed by atoms with E-state index in [1.165, 1.54) is 6.92 Å². The van der Waals surface area contributed by atoms with Crippen LogP contribution in [0.2, 0.25) is 0 Å². The number of amides is 3. The van der Waals surface area contributed by atoms with Crippen LogP contribution in [-0.4, -0.2) is 31.6 Å². The van der Waals surface area contributed by atoms with Gasteiger partial charge in [-0.1, -0.05) is 0 Å². The highest BCUT2D eigenvalue weighted by Crippen LogP contribution is 1.64. The summed E-state index contributed by atoms with van der Waals surface area (Å²) in [5.74, 6) is -0.0901. The first-order valence-corrected chi connectivity index (χ1v) is 3.93. The molecule has 0 bridgehead atoms. The van der Waals surface area contributed by atoms with E-state index >= 15 is 0 Å². The Labute approximate surface area is 71.9 Å². The molecule has 0 aromatic rings. The van der Waals surface area contributed by atoms with Gasteiger partial charge in [-0.05, 0) is 6.92 Å². The van der Waals surface area contributed by atoms with Gasteiger partial charge >= 0.3 is 6.03 Å². The first kappa shape index (κ1) is 10.7. The lowest BCUT2D eigenvalue weighted by atomic mass is 10.5. The van der Waals surface area contributed by atoms with Crippen LogP contribution in [-0.2, 0) is 4.79 Å². The Morgan fingerprint density at radius 1 is 1.08 bits per heavy atom. The van der Waals surface area contributed by atoms with Crippen molar-refractivity contribution in [3.63, 3.8) is 0 Å². The SMILES string of the molecule is CCNC(=O)NCCNC(C)=O. The summed E-state index contributed by atoms with van der Waals surface area (Å²) < 4.78 is 0. The summed E-state index contributed by atoms with van der Waals surface area (Å²) >= 11 is 0. The highest BCUT2D eigenvalue weighted by molar-refractivity contribution is 5.74. The Morgan fingerprint density at radius 3 is 2.17 bits per heavy atom. The zero-order valence-electron chi connectivity index (χ0n) is 7.44. The van der Waals surface area contributed by atoms with Crippen LogP contribution in [0.1, 0.15) is 13.8 Å². The molecule has 0 aliphatic heterocycles. The smallest absolute Gasteiger partial charge is 0.314 e. The van der Waals surface area contributed by atoms with Gasteiger partial charge in [0.1, 0.15) is 0 Å². The van der Waals surface area contributed by atoms with E-state index in [4.69, 9.17) is 0 Å². The minimum Gasteiger partial charge on any atom is -0.355 e. The fourth-order valence-corrected chi connectivity index (χ4v) is 0.638. The molecule has 0 aromatic carbocycles. The maximum absolute atomic E-state index is 10.8. The lowest BCUT2D eigenvalue weighted by Crippen LogP contribution is -2.39. The van der Waals surface area contributed by atoms with E-state index in [2.05, 4.69) is 16.0 Å². The average Bonchev–Trinajstić information content (AvgIpc) is 1.98. The maximum atomic E-state index is 10.8. The number of carbonyl (C=O) groups is 2. The number of nitrogens with one attached hydrogen (secondary N) is 3. The molecule has 0 atom stereocenters. The standard InChI is InChI=1S/C7H15N3O2/c1-3-8-7(12)10-5-4-9-6(2)11/h3-5H2,1-2H3,(H,9,11)(H2,8,10,12). The van der Waals surface area contributed by atoms with E-state index in [0.717, 1.165) is 0 Å². The van der Waals surface area contributed by atoms with Crippen LogP contribution < -0.4 is 16.0 Å². The van der Waals surface area contributed by atoms with E-state index in [1.807, 2.05) is 6.92 Å². The molecule has 0 fully saturated rings. The molecule has 3 amide bonds. The zero-order valence-corrected chi connectivity index (χ0v) is 7.44. The Hall–Kier alpha value is -1.26. The van der Waals surface area contributed by atoms with Crippen molar-refractivity contribution in [2.75, 3.05) is 19.6 Å². The second kappa shape index (κ2) is 6.45. The van der Waals surface area contributed by atoms with Gasteiger partial charge < -0.3 is 16.0 Å². The highest BCUT2D eigenvalue weighted by atomic mass is 16.2. The monoisotopic (exact) mass is 173 g/mol. The first-order chi connectivity index (χ1) is 5.66. The molecule has 5 nitrogen and oxygen atoms in total. The molecule has 5 heteroatoms. The van der Waals surface area contributed by atoms with Crippen molar-refractivity contribution in [3.05, 3.63) is 0 Å². The molecule has 0 unspecified atom stereocenters. The molecule has 12 heavy (non-hydrogen) atoms. The third-order valence-electron chi connectivity index (χ3n) is 1.12. The van der Waals surface area contributed by atoms with Crippen molar-refractivity contribution in [1.82, 2.24) is 16.0 Å². The molecular formula is C7H15N3O2. The van der Waals surface area contributed by atoms with Gasteiger partial charge in [-0.2, -0.15) is 0 Å². The highest BCUT2D eigenvalue weighted by Gasteiger charge is 1.95. The van der Waals surface area contributed by atoms with Crippen LogP contribution in [0.3, 0.4) is 0 Å². The van der Waals surface area contributed by atoms with Gasteiger partial charge in [-0.15, -0.1) is 0 Å². The summed E-state index contributed by atoms with van der Waals surface area (Å²) in [5.41, 5.74) is 0. The average molecular weight is 173 g/mol. The van der Waals surface area contributed by atoms with Crippen LogP contribution in [0, 0.1) is 0 Å². The fraction of sp³-hybridized carbons (Fsp3) is 0.714. The van der Waals surface area contributed by atoms with Crippen LogP contribution >= 0.6 is 0 Å². The number of hydrogen-bond donors (Lipinski definition) is 3. The van der Waals surface area contributed by atoms with E-state index in [1.54, 1.807) is 0 Å². The van der Waals surface area contributed by atoms with E-state index in [9.17, 15) is 9.59 Å². The number of hydrogen-bond acceptors (Lipinski definition) is 2. The molecule has 70 valence electrons. The quantitative estimate of drug-likeness (QED) is 0.499. The molecule has 0 saturated carbocycles. The van der Waals surface area contributed by atoms with E-state index < -0.39 is 0 Å². The molecular weight excluding hydrogens is 158 g/mol. The number of carbonyl (C=O) groups excluding carboxylic acids is 2. The van der Waals surface area contributed by atoms with Gasteiger partial charge in [0.25, 0.3) is 0 Å². The van der Waals surface area contributed by atoms with Crippen molar-refractivity contribution in [2.45, 2.75) is 13.8 Å². The maximum Gasteiger partial charge on any atom is 0.314 e. The van der Waals surface area contributed by atoms with Gasteiger partial charge in [-0.3, -0.25) is 4.79 Å². The summed E-state index contributed by atoms with van der Waals surface area (Å²) in [6, 6.07) is -0.206. The van der Waals surface area contributed by atoms with Crippen molar-refractivity contribution in [2.24, 2.45) is 0 Å². The predicted octanol–water partition coefficient (Wildman–Crippen LogP) is -0.558. The largest absolute Gasteiger partial charge is 0.355 e. The Bertz CT molecular complexity index is 159. The normalized spacial score (nSPS) is 8.83. The van der Waals surface area contributed by atoms with Crippen molar-refractivity contribution in [3.8, 4) is 0 Å². The summed E-state index contributed by atoms with van der Waals surface area (Å²) in [6.07, 6.45) is 0. The number of rotatable bonds is 4. The van der Waals surface area contributed by atoms with Crippen molar-refractivity contribution < 1.29 is 9.59 Å². The number of urea groups is 1. The Balaban J connectivity index is 3.19. The van der Waals surface area contributed by atoms with Gasteiger partial charge in [0.05, 0.1) is 0 Å². The topological polar surface area (TPSA) is 70.2 Å². The molecule has 0 radical (unpaired) electrons. The van der Waals surface area contributed by atoms with Gasteiger partial charge in [0, 0.05) is 26.6 Å². The third-order valence-corrected chi connectivity index (χ3v) is 1.12. The first-order valence-electron chi connectivity index (χ1n) is 3.93. The molecule has 0 aliphatic carbocycles. The molecule has 0 heterocycles. The van der Waals surface area contributed by atoms with E-state index in [-0.39, 0.29) is 11.9 Å². The summed E-state index contributed by atoms with van der Waals surface area (Å²) in [4.78, 5) is 21.1. The lowest BCUT2D eigenvalue weighted by molar-refractivity contribution is -0.118. The van der Waals surface area contributed by atoms with Crippen molar-refractivity contribution >= 4 is 11.9 Å². The summed E-state index contributed by atoms with van der Waals surface area (Å²) in [6.45, 7) is 4.80. The molecule has 3 N–H and O–H groups in total. The molecule has 0 aliphatic rings. The van der Waals surface area contributed by atoms with Gasteiger partial charge in [0.2, 0.25) is 5.91 Å². The third kappa shape index (κ3) is 6.85. The summed E-state index contributed by atoms with van der Waals surface area (Å²) in [7, 11) is 0. The van der Waals surface area contributed by atoms with Gasteiger partial charge in [0.15, 0.2) is 0 Å². The zero-order chi connectivity index (χ0) is 9.40. The Morgan fingerprint density at radius 2 is 1.67 bits per heavy atom. The van der Waals surface area contributed by atoms with Crippen LogP contribution in [0.25, 0.3) is 0 Å². The molecule has 0 aromatic heterocycles. The van der Waals surface area contributed by atoms with Gasteiger partial charge in [-0.25, -0.2) is 4.79 Å². The minimum atomic E-state index is -0.206. The van der Waals surface area contributed by atoms with Crippen LogP contribution in [0.15, 0.2) is 0 Å². The molecule has 0 rings (SSSR count). The lowest BCUT2D eigenvalue weighted by Gasteiger charge is -2.05. The second-order valence-corrected chi connectivity index (χ2v) is 2.27. The Kier molecular flexibility index (Phi) is 5.77. The van der Waals surface area contributed by atoms with E-state index in [0.29, 0.717) is 19.6 Å². The van der Waals surface area contributed by atoms with Crippen molar-refractivity contribution in [1.29, 1.82) is 0 Å². The fourth-order valence-electron chi connectivity index (χ4n) is 0.638. The molecule has 0 spiro atoms. The van der Waals surface area contributed by atoms with Crippen LogP contribution in [0.5, 0.6) is 0 Å². The minimum absolute atomic E-state index is 0.0901. The second-order valence-electron chi connectivity index (χ2n) is 2.27. The summed E-state index contributed by atoms with van der Waals surface area (Å²) in [5, 5.41) is 7.71. The predicted molar refractivity (Wildman–Crippen MR) is 45.8 cm³/mol.